The summed E-state index contributed by atoms with van der Waals surface area (Å²) < 4.78 is 4.55. The highest BCUT2D eigenvalue weighted by atomic mass is 79.9. The van der Waals surface area contributed by atoms with E-state index in [0.717, 1.165) is 5.56 Å². The summed E-state index contributed by atoms with van der Waals surface area (Å²) in [4.78, 5) is 15.8. The molecule has 4 nitrogen and oxygen atoms in total. The number of halogens is 1. The van der Waals surface area contributed by atoms with Gasteiger partial charge in [0.2, 0.25) is 0 Å². The zero-order valence-corrected chi connectivity index (χ0v) is 10.6. The van der Waals surface area contributed by atoms with E-state index in [1.54, 1.807) is 0 Å². The fourth-order valence-electron chi connectivity index (χ4n) is 1.05. The lowest BCUT2D eigenvalue weighted by atomic mass is 10.2. The number of methoxy groups -OCH3 is 1. The van der Waals surface area contributed by atoms with Crippen molar-refractivity contribution in [2.24, 2.45) is 0 Å². The van der Waals surface area contributed by atoms with Crippen molar-refractivity contribution >= 4 is 21.9 Å². The Morgan fingerprint density at radius 2 is 2.12 bits per heavy atom. The van der Waals surface area contributed by atoms with E-state index >= 15 is 0 Å². The lowest BCUT2D eigenvalue weighted by Gasteiger charge is -2.09. The number of carbonyl (C=O) groups excluding carboxylic acids is 1. The second-order valence-corrected chi connectivity index (χ2v) is 4.22. The highest BCUT2D eigenvalue weighted by Crippen LogP contribution is 2.01. The number of hydrogen-bond donors (Lipinski definition) is 1. The second kappa shape index (κ2) is 7.38. The molecule has 0 radical (unpaired) electrons. The van der Waals surface area contributed by atoms with Crippen LogP contribution in [0.5, 0.6) is 0 Å². The molecule has 0 saturated carbocycles. The van der Waals surface area contributed by atoms with Crippen LogP contribution in [0.15, 0.2) is 30.3 Å². The third-order valence-corrected chi connectivity index (χ3v) is 2.60. The Hall–Kier alpha value is -0.910. The Balaban J connectivity index is 2.15. The van der Waals surface area contributed by atoms with Crippen molar-refractivity contribution in [3.8, 4) is 0 Å². The lowest BCUT2D eigenvalue weighted by Crippen LogP contribution is -2.29. The third-order valence-electron chi connectivity index (χ3n) is 1.90. The second-order valence-electron chi connectivity index (χ2n) is 3.11. The van der Waals surface area contributed by atoms with Crippen LogP contribution in [0.2, 0.25) is 0 Å². The Bertz CT molecular complexity index is 318. The maximum atomic E-state index is 11.0. The standard InChI is InChI=1S/C11H14BrNO3/c1-15-11(14)10(12)7-13-16-8-9-5-3-2-4-6-9/h2-6,10,13H,7-8H2,1H3. The van der Waals surface area contributed by atoms with Crippen molar-refractivity contribution < 1.29 is 14.4 Å². The van der Waals surface area contributed by atoms with Crippen molar-refractivity contribution in [2.75, 3.05) is 13.7 Å². The smallest absolute Gasteiger partial charge is 0.320 e. The number of benzene rings is 1. The highest BCUT2D eigenvalue weighted by molar-refractivity contribution is 9.10. The molecule has 0 aliphatic carbocycles. The van der Waals surface area contributed by atoms with Gasteiger partial charge in [0.05, 0.1) is 13.7 Å². The molecule has 0 saturated heterocycles. The molecule has 0 fully saturated rings. The molecule has 16 heavy (non-hydrogen) atoms. The Morgan fingerprint density at radius 3 is 2.75 bits per heavy atom. The first-order valence-electron chi connectivity index (χ1n) is 4.84. The molecule has 0 aliphatic heterocycles. The summed E-state index contributed by atoms with van der Waals surface area (Å²) in [5.74, 6) is -0.323. The minimum Gasteiger partial charge on any atom is -0.468 e. The van der Waals surface area contributed by atoms with Crippen LogP contribution in [0, 0.1) is 0 Å². The fourth-order valence-corrected chi connectivity index (χ4v) is 1.37. The number of esters is 1. The molecule has 0 amide bonds. The van der Waals surface area contributed by atoms with E-state index in [9.17, 15) is 4.79 Å². The number of hydrogen-bond acceptors (Lipinski definition) is 4. The van der Waals surface area contributed by atoms with Crippen LogP contribution in [0.1, 0.15) is 5.56 Å². The van der Waals surface area contributed by atoms with Gasteiger partial charge in [-0.05, 0) is 5.56 Å². The Morgan fingerprint density at radius 1 is 1.44 bits per heavy atom. The van der Waals surface area contributed by atoms with E-state index in [2.05, 4.69) is 26.1 Å². The van der Waals surface area contributed by atoms with Gasteiger partial charge in [-0.25, -0.2) is 5.48 Å². The molecule has 1 aromatic rings. The summed E-state index contributed by atoms with van der Waals surface area (Å²) in [6.07, 6.45) is 0. The van der Waals surface area contributed by atoms with Crippen molar-refractivity contribution in [2.45, 2.75) is 11.4 Å². The Kier molecular flexibility index (Phi) is 6.07. The summed E-state index contributed by atoms with van der Waals surface area (Å²) in [6, 6.07) is 9.77. The molecule has 1 unspecified atom stereocenters. The molecule has 0 heterocycles. The minimum absolute atomic E-state index is 0.323. The van der Waals surface area contributed by atoms with Gasteiger partial charge in [-0.1, -0.05) is 46.3 Å². The molecule has 5 heteroatoms. The summed E-state index contributed by atoms with van der Waals surface area (Å²) in [7, 11) is 1.35. The molecule has 0 bridgehead atoms. The number of hydroxylamine groups is 1. The van der Waals surface area contributed by atoms with E-state index < -0.39 is 4.83 Å². The third kappa shape index (κ3) is 4.74. The normalized spacial score (nSPS) is 12.1. The molecule has 1 aromatic carbocycles. The van der Waals surface area contributed by atoms with Crippen LogP contribution in [-0.2, 0) is 21.0 Å². The van der Waals surface area contributed by atoms with E-state index in [1.165, 1.54) is 7.11 Å². The van der Waals surface area contributed by atoms with Gasteiger partial charge >= 0.3 is 5.97 Å². The van der Waals surface area contributed by atoms with Crippen molar-refractivity contribution in [1.82, 2.24) is 5.48 Å². The number of alkyl halides is 1. The fraction of sp³-hybridized carbons (Fsp3) is 0.364. The van der Waals surface area contributed by atoms with E-state index in [-0.39, 0.29) is 5.97 Å². The molecular weight excluding hydrogens is 274 g/mol. The summed E-state index contributed by atoms with van der Waals surface area (Å²) >= 11 is 3.17. The molecule has 1 N–H and O–H groups in total. The zero-order chi connectivity index (χ0) is 11.8. The first kappa shape index (κ1) is 13.2. The highest BCUT2D eigenvalue weighted by Gasteiger charge is 2.14. The van der Waals surface area contributed by atoms with Crippen LogP contribution >= 0.6 is 15.9 Å². The maximum absolute atomic E-state index is 11.0. The zero-order valence-electron chi connectivity index (χ0n) is 8.98. The molecule has 1 rings (SSSR count). The number of rotatable bonds is 6. The first-order valence-corrected chi connectivity index (χ1v) is 5.76. The van der Waals surface area contributed by atoms with Gasteiger partial charge < -0.3 is 4.74 Å². The monoisotopic (exact) mass is 287 g/mol. The number of nitrogens with one attached hydrogen (secondary N) is 1. The van der Waals surface area contributed by atoms with E-state index in [4.69, 9.17) is 4.84 Å². The average molecular weight is 288 g/mol. The molecule has 0 aromatic heterocycles. The van der Waals surface area contributed by atoms with Gasteiger partial charge in [-0.15, -0.1) is 0 Å². The van der Waals surface area contributed by atoms with E-state index in [0.29, 0.717) is 13.2 Å². The molecule has 88 valence electrons. The summed E-state index contributed by atoms with van der Waals surface area (Å²) in [5, 5.41) is 0. The molecule has 0 spiro atoms. The van der Waals surface area contributed by atoms with Gasteiger partial charge in [0.1, 0.15) is 4.83 Å². The van der Waals surface area contributed by atoms with Gasteiger partial charge in [0, 0.05) is 6.54 Å². The van der Waals surface area contributed by atoms with E-state index in [1.807, 2.05) is 30.3 Å². The Labute approximate surface area is 103 Å². The number of carbonyl (C=O) groups is 1. The van der Waals surface area contributed by atoms with Gasteiger partial charge in [-0.2, -0.15) is 0 Å². The minimum atomic E-state index is -0.395. The van der Waals surface area contributed by atoms with Crippen LogP contribution in [0.4, 0.5) is 0 Å². The van der Waals surface area contributed by atoms with Crippen molar-refractivity contribution in [3.05, 3.63) is 35.9 Å². The van der Waals surface area contributed by atoms with Crippen LogP contribution in [0.3, 0.4) is 0 Å². The summed E-state index contributed by atoms with van der Waals surface area (Å²) in [6.45, 7) is 0.821. The van der Waals surface area contributed by atoms with Crippen LogP contribution in [-0.4, -0.2) is 24.5 Å². The first-order chi connectivity index (χ1) is 7.74. The lowest BCUT2D eigenvalue weighted by molar-refractivity contribution is -0.140. The maximum Gasteiger partial charge on any atom is 0.320 e. The van der Waals surface area contributed by atoms with Gasteiger partial charge in [-0.3, -0.25) is 9.63 Å². The van der Waals surface area contributed by atoms with Crippen LogP contribution < -0.4 is 5.48 Å². The quantitative estimate of drug-likeness (QED) is 0.374. The number of ether oxygens (including phenoxy) is 1. The average Bonchev–Trinajstić information content (AvgIpc) is 2.34. The van der Waals surface area contributed by atoms with Crippen LogP contribution in [0.25, 0.3) is 0 Å². The summed E-state index contributed by atoms with van der Waals surface area (Å²) in [5.41, 5.74) is 3.77. The van der Waals surface area contributed by atoms with Gasteiger partial charge in [0.25, 0.3) is 0 Å². The van der Waals surface area contributed by atoms with Crippen molar-refractivity contribution in [3.63, 3.8) is 0 Å². The molecule has 0 aliphatic rings. The SMILES string of the molecule is COC(=O)C(Br)CNOCc1ccccc1. The molecule has 1 atom stereocenters. The predicted molar refractivity (Wildman–Crippen MR) is 64.0 cm³/mol. The van der Waals surface area contributed by atoms with Gasteiger partial charge in [0.15, 0.2) is 0 Å². The largest absolute Gasteiger partial charge is 0.468 e. The van der Waals surface area contributed by atoms with Crippen molar-refractivity contribution in [1.29, 1.82) is 0 Å². The predicted octanol–water partition coefficient (Wildman–Crippen LogP) is 1.64. The molecular formula is C11H14BrNO3. The topological polar surface area (TPSA) is 47.6 Å².